The second-order valence-corrected chi connectivity index (χ2v) is 4.81. The fourth-order valence-corrected chi connectivity index (χ4v) is 2.19. The Bertz CT molecular complexity index is 533. The smallest absolute Gasteiger partial charge is 0.386 e. The van der Waals surface area contributed by atoms with Crippen molar-refractivity contribution in [1.82, 2.24) is 0 Å². The summed E-state index contributed by atoms with van der Waals surface area (Å²) in [5.74, 6) is -0.198. The number of hydrogen-bond donors (Lipinski definition) is 2. The van der Waals surface area contributed by atoms with Crippen molar-refractivity contribution < 1.29 is 27.8 Å². The molecule has 20 heavy (non-hydrogen) atoms. The Labute approximate surface area is 117 Å². The van der Waals surface area contributed by atoms with E-state index < -0.39 is 25.5 Å². The molecule has 0 radical (unpaired) electrons. The Hall–Kier alpha value is -1.31. The predicted octanol–water partition coefficient (Wildman–Crippen LogP) is 2.45. The molecular formula is C12H11ClF3NO3. The average molecular weight is 310 g/mol. The molecule has 1 aromatic rings. The number of fused-ring (bicyclic) bond motifs is 1. The van der Waals surface area contributed by atoms with Crippen LogP contribution in [0.2, 0.25) is 5.02 Å². The van der Waals surface area contributed by atoms with E-state index in [-0.39, 0.29) is 22.9 Å². The number of amides is 1. The lowest BCUT2D eigenvalue weighted by molar-refractivity contribution is -0.179. The van der Waals surface area contributed by atoms with Crippen LogP contribution in [-0.2, 0) is 16.0 Å². The van der Waals surface area contributed by atoms with Crippen molar-refractivity contribution in [2.75, 3.05) is 18.5 Å². The molecule has 0 fully saturated rings. The molecule has 1 aliphatic rings. The van der Waals surface area contributed by atoms with Crippen molar-refractivity contribution in [3.63, 3.8) is 0 Å². The maximum absolute atomic E-state index is 11.9. The summed E-state index contributed by atoms with van der Waals surface area (Å²) in [5.41, 5.74) is 1.43. The van der Waals surface area contributed by atoms with Gasteiger partial charge < -0.3 is 15.2 Å². The van der Waals surface area contributed by atoms with Crippen LogP contribution in [0.15, 0.2) is 12.1 Å². The van der Waals surface area contributed by atoms with Gasteiger partial charge in [-0.15, -0.1) is 0 Å². The summed E-state index contributed by atoms with van der Waals surface area (Å²) in [6.07, 6.45) is -5.58. The molecule has 1 unspecified atom stereocenters. The summed E-state index contributed by atoms with van der Waals surface area (Å²) in [4.78, 5) is 11.2. The normalized spacial score (nSPS) is 15.9. The lowest BCUT2D eigenvalue weighted by atomic mass is 10.0. The fraction of sp³-hybridized carbons (Fsp3) is 0.417. The van der Waals surface area contributed by atoms with E-state index in [0.29, 0.717) is 11.3 Å². The number of anilines is 1. The van der Waals surface area contributed by atoms with Gasteiger partial charge in [-0.3, -0.25) is 4.79 Å². The number of halogens is 4. The first kappa shape index (κ1) is 15.1. The van der Waals surface area contributed by atoms with E-state index in [2.05, 4.69) is 10.1 Å². The van der Waals surface area contributed by atoms with Crippen molar-refractivity contribution in [3.05, 3.63) is 28.3 Å². The van der Waals surface area contributed by atoms with E-state index in [0.717, 1.165) is 0 Å². The first-order valence-electron chi connectivity index (χ1n) is 5.71. The summed E-state index contributed by atoms with van der Waals surface area (Å²) < 4.78 is 40.2. The largest absolute Gasteiger partial charge is 0.411 e. The lowest BCUT2D eigenvalue weighted by Crippen LogP contribution is -2.19. The predicted molar refractivity (Wildman–Crippen MR) is 65.6 cm³/mol. The van der Waals surface area contributed by atoms with E-state index in [4.69, 9.17) is 11.6 Å². The Balaban J connectivity index is 2.05. The highest BCUT2D eigenvalue weighted by Crippen LogP contribution is 2.33. The van der Waals surface area contributed by atoms with E-state index >= 15 is 0 Å². The molecule has 0 aromatic heterocycles. The Morgan fingerprint density at radius 3 is 2.80 bits per heavy atom. The van der Waals surface area contributed by atoms with Gasteiger partial charge in [-0.25, -0.2) is 0 Å². The zero-order valence-corrected chi connectivity index (χ0v) is 10.9. The monoisotopic (exact) mass is 309 g/mol. The summed E-state index contributed by atoms with van der Waals surface area (Å²) in [6.45, 7) is -1.97. The minimum atomic E-state index is -4.45. The first-order chi connectivity index (χ1) is 9.26. The highest BCUT2D eigenvalue weighted by molar-refractivity contribution is 6.32. The zero-order valence-electron chi connectivity index (χ0n) is 10.1. The van der Waals surface area contributed by atoms with Gasteiger partial charge in [0.1, 0.15) is 12.7 Å². The maximum atomic E-state index is 11.9. The van der Waals surface area contributed by atoms with E-state index in [1.54, 1.807) is 0 Å². The highest BCUT2D eigenvalue weighted by Gasteiger charge is 2.28. The number of carbonyl (C=O) groups excluding carboxylic acids is 1. The summed E-state index contributed by atoms with van der Waals surface area (Å²) in [7, 11) is 0. The van der Waals surface area contributed by atoms with Crippen molar-refractivity contribution in [2.24, 2.45) is 0 Å². The molecule has 1 heterocycles. The van der Waals surface area contributed by atoms with Gasteiger partial charge in [-0.05, 0) is 17.7 Å². The minimum Gasteiger partial charge on any atom is -0.386 e. The molecule has 2 rings (SSSR count). The number of carbonyl (C=O) groups is 1. The molecule has 1 atom stereocenters. The van der Waals surface area contributed by atoms with Crippen LogP contribution in [0.1, 0.15) is 17.2 Å². The average Bonchev–Trinajstić information content (AvgIpc) is 2.65. The molecular weight excluding hydrogens is 299 g/mol. The van der Waals surface area contributed by atoms with Crippen molar-refractivity contribution in [1.29, 1.82) is 0 Å². The van der Waals surface area contributed by atoms with Gasteiger partial charge in [0, 0.05) is 16.3 Å². The third kappa shape index (κ3) is 3.62. The van der Waals surface area contributed by atoms with Crippen molar-refractivity contribution >= 4 is 23.2 Å². The van der Waals surface area contributed by atoms with Crippen LogP contribution in [0.4, 0.5) is 18.9 Å². The molecule has 8 heteroatoms. The standard InChI is InChI=1S/C12H11ClF3NO3/c13-8-3-9-6(2-11(19)17-9)1-7(8)10(18)4-20-5-12(14,15)16/h1,3,10,18H,2,4-5H2,(H,17,19). The SMILES string of the molecule is O=C1Cc2cc(C(O)COCC(F)(F)F)c(Cl)cc2N1. The van der Waals surface area contributed by atoms with Gasteiger partial charge in [-0.1, -0.05) is 11.6 Å². The number of hydrogen-bond acceptors (Lipinski definition) is 3. The number of alkyl halides is 3. The zero-order chi connectivity index (χ0) is 14.9. The molecule has 0 saturated carbocycles. The number of aliphatic hydroxyl groups excluding tert-OH is 1. The molecule has 110 valence electrons. The van der Waals surface area contributed by atoms with Gasteiger partial charge in [0.25, 0.3) is 0 Å². The Morgan fingerprint density at radius 2 is 2.15 bits per heavy atom. The second-order valence-electron chi connectivity index (χ2n) is 4.40. The van der Waals surface area contributed by atoms with E-state index in [9.17, 15) is 23.1 Å². The third-order valence-electron chi connectivity index (χ3n) is 2.75. The molecule has 0 saturated heterocycles. The molecule has 1 amide bonds. The number of aliphatic hydroxyl groups is 1. The second kappa shape index (κ2) is 5.59. The Morgan fingerprint density at radius 1 is 1.45 bits per heavy atom. The molecule has 0 spiro atoms. The molecule has 4 nitrogen and oxygen atoms in total. The third-order valence-corrected chi connectivity index (χ3v) is 3.08. The van der Waals surface area contributed by atoms with Crippen LogP contribution < -0.4 is 5.32 Å². The number of benzene rings is 1. The minimum absolute atomic E-state index is 0.148. The van der Waals surface area contributed by atoms with Crippen LogP contribution in [-0.4, -0.2) is 30.4 Å². The molecule has 1 aromatic carbocycles. The summed E-state index contributed by atoms with van der Waals surface area (Å²) in [6, 6.07) is 2.96. The van der Waals surface area contributed by atoms with Gasteiger partial charge >= 0.3 is 6.18 Å². The summed E-state index contributed by atoms with van der Waals surface area (Å²) >= 11 is 5.93. The highest BCUT2D eigenvalue weighted by atomic mass is 35.5. The van der Waals surface area contributed by atoms with Crippen molar-refractivity contribution in [3.8, 4) is 0 Å². The lowest BCUT2D eigenvalue weighted by Gasteiger charge is -2.15. The van der Waals surface area contributed by atoms with Gasteiger partial charge in [0.2, 0.25) is 5.91 Å². The van der Waals surface area contributed by atoms with Crippen LogP contribution in [0.3, 0.4) is 0 Å². The van der Waals surface area contributed by atoms with Crippen LogP contribution in [0.5, 0.6) is 0 Å². The molecule has 2 N–H and O–H groups in total. The molecule has 0 aliphatic carbocycles. The fourth-order valence-electron chi connectivity index (χ4n) is 1.90. The van der Waals surface area contributed by atoms with Crippen molar-refractivity contribution in [2.45, 2.75) is 18.7 Å². The first-order valence-corrected chi connectivity index (χ1v) is 6.09. The molecule has 0 bridgehead atoms. The van der Waals surface area contributed by atoms with E-state index in [1.165, 1.54) is 12.1 Å². The topological polar surface area (TPSA) is 58.6 Å². The molecule has 1 aliphatic heterocycles. The maximum Gasteiger partial charge on any atom is 0.411 e. The van der Waals surface area contributed by atoms with Gasteiger partial charge in [0.15, 0.2) is 0 Å². The number of rotatable bonds is 4. The number of nitrogens with one attached hydrogen (secondary N) is 1. The quantitative estimate of drug-likeness (QED) is 0.898. The van der Waals surface area contributed by atoms with Crippen LogP contribution >= 0.6 is 11.6 Å². The van der Waals surface area contributed by atoms with Gasteiger partial charge in [-0.2, -0.15) is 13.2 Å². The van der Waals surface area contributed by atoms with Gasteiger partial charge in [0.05, 0.1) is 13.0 Å². The number of ether oxygens (including phenoxy) is 1. The van der Waals surface area contributed by atoms with Crippen LogP contribution in [0.25, 0.3) is 0 Å². The van der Waals surface area contributed by atoms with Crippen LogP contribution in [0, 0.1) is 0 Å². The summed E-state index contributed by atoms with van der Waals surface area (Å²) in [5, 5.41) is 12.6. The Kier molecular flexibility index (Phi) is 4.22. The van der Waals surface area contributed by atoms with E-state index in [1.807, 2.05) is 0 Å².